The molecule has 4 heteroatoms. The fraction of sp³-hybridized carbons (Fsp3) is 0.484. The Kier molecular flexibility index (Phi) is 7.68. The summed E-state index contributed by atoms with van der Waals surface area (Å²) in [4.78, 5) is 4.81. The van der Waals surface area contributed by atoms with Gasteiger partial charge in [-0.05, 0) is 82.0 Å². The van der Waals surface area contributed by atoms with Gasteiger partial charge in [-0.1, -0.05) is 85.7 Å². The summed E-state index contributed by atoms with van der Waals surface area (Å²) in [6.45, 7) is 15.8. The van der Waals surface area contributed by atoms with Crippen molar-refractivity contribution in [2.75, 3.05) is 13.1 Å². The molecule has 1 aromatic rings. The van der Waals surface area contributed by atoms with Gasteiger partial charge in [0.05, 0.1) is 0 Å². The number of aliphatic imine (C=N–C) groups is 1. The zero-order chi connectivity index (χ0) is 25.2. The molecule has 0 amide bonds. The van der Waals surface area contributed by atoms with E-state index >= 15 is 0 Å². The molecule has 4 rings (SSSR count). The molecule has 0 spiro atoms. The van der Waals surface area contributed by atoms with Crippen molar-refractivity contribution in [2.45, 2.75) is 59.8 Å². The average molecular weight is 490 g/mol. The SMILES string of the molecule is C=C1/C(=C\C=C/Cl)CC2C(C(C)(C)C(C)=NC(=N)c3ccccc3)=C(C)CC12CCNCC1CC1. The van der Waals surface area contributed by atoms with Crippen molar-refractivity contribution in [1.82, 2.24) is 5.32 Å². The number of hydrogen-bond donors (Lipinski definition) is 2. The summed E-state index contributed by atoms with van der Waals surface area (Å²) in [7, 11) is 0. The highest BCUT2D eigenvalue weighted by atomic mass is 35.5. The van der Waals surface area contributed by atoms with Crippen LogP contribution >= 0.6 is 11.6 Å². The molecule has 2 unspecified atom stereocenters. The minimum absolute atomic E-state index is 0.0481. The third-order valence-electron chi connectivity index (χ3n) is 8.62. The van der Waals surface area contributed by atoms with Crippen molar-refractivity contribution < 1.29 is 0 Å². The van der Waals surface area contributed by atoms with Crippen LogP contribution in [0.15, 0.2) is 81.9 Å². The summed E-state index contributed by atoms with van der Waals surface area (Å²) in [5, 5.41) is 12.3. The lowest BCUT2D eigenvalue weighted by Crippen LogP contribution is -2.34. The van der Waals surface area contributed by atoms with E-state index in [-0.39, 0.29) is 10.8 Å². The molecule has 0 aliphatic heterocycles. The van der Waals surface area contributed by atoms with Gasteiger partial charge in [0.25, 0.3) is 0 Å². The number of nitrogens with zero attached hydrogens (tertiary/aromatic N) is 1. The topological polar surface area (TPSA) is 48.2 Å². The zero-order valence-corrected chi connectivity index (χ0v) is 22.5. The summed E-state index contributed by atoms with van der Waals surface area (Å²) in [5.41, 5.74) is 8.79. The maximum atomic E-state index is 8.58. The van der Waals surface area contributed by atoms with Crippen molar-refractivity contribution >= 4 is 23.1 Å². The first-order chi connectivity index (χ1) is 16.7. The van der Waals surface area contributed by atoms with Gasteiger partial charge in [0, 0.05) is 27.6 Å². The Balaban J connectivity index is 1.63. The number of amidine groups is 1. The minimum atomic E-state index is -0.239. The molecule has 2 saturated carbocycles. The van der Waals surface area contributed by atoms with Gasteiger partial charge in [-0.15, -0.1) is 0 Å². The predicted octanol–water partition coefficient (Wildman–Crippen LogP) is 7.85. The highest BCUT2D eigenvalue weighted by molar-refractivity contribution is 6.25. The first-order valence-electron chi connectivity index (χ1n) is 13.0. The Morgan fingerprint density at radius 2 is 2.00 bits per heavy atom. The van der Waals surface area contributed by atoms with E-state index in [0.717, 1.165) is 49.5 Å². The van der Waals surface area contributed by atoms with Gasteiger partial charge < -0.3 is 5.32 Å². The lowest BCUT2D eigenvalue weighted by atomic mass is 9.67. The minimum Gasteiger partial charge on any atom is -0.316 e. The predicted molar refractivity (Wildman–Crippen MR) is 150 cm³/mol. The molecule has 1 aromatic carbocycles. The third kappa shape index (κ3) is 5.17. The van der Waals surface area contributed by atoms with Crippen molar-refractivity contribution in [1.29, 1.82) is 5.41 Å². The molecule has 0 bridgehead atoms. The van der Waals surface area contributed by atoms with E-state index < -0.39 is 0 Å². The molecular formula is C31H40ClN3. The van der Waals surface area contributed by atoms with E-state index in [1.54, 1.807) is 5.54 Å². The van der Waals surface area contributed by atoms with E-state index in [1.165, 1.54) is 35.1 Å². The van der Waals surface area contributed by atoms with Crippen LogP contribution in [-0.4, -0.2) is 24.6 Å². The maximum absolute atomic E-state index is 8.58. The smallest absolute Gasteiger partial charge is 0.151 e. The number of halogens is 1. The monoisotopic (exact) mass is 489 g/mol. The Bertz CT molecular complexity index is 1100. The van der Waals surface area contributed by atoms with E-state index in [1.807, 2.05) is 36.4 Å². The first kappa shape index (κ1) is 25.9. The summed E-state index contributed by atoms with van der Waals surface area (Å²) in [6.07, 6.45) is 9.96. The molecule has 2 atom stereocenters. The third-order valence-corrected chi connectivity index (χ3v) is 8.77. The number of benzene rings is 1. The molecular weight excluding hydrogens is 450 g/mol. The van der Waals surface area contributed by atoms with Crippen LogP contribution in [0.1, 0.15) is 65.4 Å². The Hall–Kier alpha value is -2.23. The molecule has 3 aliphatic rings. The van der Waals surface area contributed by atoms with Gasteiger partial charge in [-0.2, -0.15) is 0 Å². The number of allylic oxidation sites excluding steroid dienone is 6. The Morgan fingerprint density at radius 1 is 1.29 bits per heavy atom. The van der Waals surface area contributed by atoms with E-state index in [9.17, 15) is 0 Å². The van der Waals surface area contributed by atoms with Crippen LogP contribution in [0.5, 0.6) is 0 Å². The van der Waals surface area contributed by atoms with Gasteiger partial charge in [0.2, 0.25) is 0 Å². The molecule has 0 radical (unpaired) electrons. The molecule has 2 N–H and O–H groups in total. The second kappa shape index (κ2) is 10.4. The lowest BCUT2D eigenvalue weighted by Gasteiger charge is -2.37. The largest absolute Gasteiger partial charge is 0.316 e. The second-order valence-electron chi connectivity index (χ2n) is 11.2. The zero-order valence-electron chi connectivity index (χ0n) is 21.8. The molecule has 3 nitrogen and oxygen atoms in total. The maximum Gasteiger partial charge on any atom is 0.151 e. The summed E-state index contributed by atoms with van der Waals surface area (Å²) in [6, 6.07) is 9.80. The van der Waals surface area contributed by atoms with Gasteiger partial charge in [-0.25, -0.2) is 4.99 Å². The van der Waals surface area contributed by atoms with E-state index in [2.05, 4.69) is 45.7 Å². The van der Waals surface area contributed by atoms with Crippen molar-refractivity contribution in [2.24, 2.45) is 27.7 Å². The molecule has 186 valence electrons. The summed E-state index contributed by atoms with van der Waals surface area (Å²) >= 11 is 5.88. The van der Waals surface area contributed by atoms with Crippen LogP contribution in [0.3, 0.4) is 0 Å². The normalized spacial score (nSPS) is 26.3. The van der Waals surface area contributed by atoms with Gasteiger partial charge in [0.15, 0.2) is 5.84 Å². The summed E-state index contributed by atoms with van der Waals surface area (Å²) in [5.74, 6) is 1.61. The van der Waals surface area contributed by atoms with Gasteiger partial charge in [0.1, 0.15) is 0 Å². The lowest BCUT2D eigenvalue weighted by molar-refractivity contribution is 0.266. The first-order valence-corrected chi connectivity index (χ1v) is 13.4. The van der Waals surface area contributed by atoms with Crippen LogP contribution in [0.2, 0.25) is 0 Å². The quantitative estimate of drug-likeness (QED) is 0.158. The molecule has 0 saturated heterocycles. The van der Waals surface area contributed by atoms with E-state index in [4.69, 9.17) is 22.0 Å². The highest BCUT2D eigenvalue weighted by Gasteiger charge is 2.55. The number of nitrogens with one attached hydrogen (secondary N) is 2. The fourth-order valence-corrected chi connectivity index (χ4v) is 6.42. The van der Waals surface area contributed by atoms with E-state index in [0.29, 0.717) is 11.8 Å². The van der Waals surface area contributed by atoms with Crippen LogP contribution < -0.4 is 5.32 Å². The Morgan fingerprint density at radius 3 is 2.66 bits per heavy atom. The van der Waals surface area contributed by atoms with Crippen LogP contribution in [0, 0.1) is 28.1 Å². The number of rotatable bonds is 9. The average Bonchev–Trinajstić information content (AvgIpc) is 3.57. The molecule has 0 aromatic heterocycles. The van der Waals surface area contributed by atoms with Crippen LogP contribution in [0.4, 0.5) is 0 Å². The standard InChI is InChI=1S/C31H40ClN3/c1-21-19-31(15-17-34-20-24-13-14-24)22(2)26(12-9-16-32)18-27(31)28(21)30(4,5)23(3)35-29(33)25-10-7-6-8-11-25/h6-12,16,24,27,33-34H,2,13-15,17-20H2,1,3-5H3/b16-9-,26-12-,33-29?,35-23?. The summed E-state index contributed by atoms with van der Waals surface area (Å²) < 4.78 is 0. The van der Waals surface area contributed by atoms with Crippen LogP contribution in [-0.2, 0) is 0 Å². The molecule has 35 heavy (non-hydrogen) atoms. The van der Waals surface area contributed by atoms with Crippen molar-refractivity contribution in [3.05, 3.63) is 82.5 Å². The van der Waals surface area contributed by atoms with Crippen molar-refractivity contribution in [3.63, 3.8) is 0 Å². The number of hydrogen-bond acceptors (Lipinski definition) is 2. The fourth-order valence-electron chi connectivity index (χ4n) is 6.35. The van der Waals surface area contributed by atoms with Crippen LogP contribution in [0.25, 0.3) is 0 Å². The highest BCUT2D eigenvalue weighted by Crippen LogP contribution is 2.65. The van der Waals surface area contributed by atoms with Crippen molar-refractivity contribution in [3.8, 4) is 0 Å². The van der Waals surface area contributed by atoms with Gasteiger partial charge >= 0.3 is 0 Å². The molecule has 0 heterocycles. The second-order valence-corrected chi connectivity index (χ2v) is 11.5. The van der Waals surface area contributed by atoms with Gasteiger partial charge in [-0.3, -0.25) is 5.41 Å². The Labute approximate surface area is 216 Å². The number of fused-ring (bicyclic) bond motifs is 1. The molecule has 2 fully saturated rings. The molecule has 3 aliphatic carbocycles.